The third-order valence-electron chi connectivity index (χ3n) is 5.09. The van der Waals surface area contributed by atoms with Gasteiger partial charge in [-0.05, 0) is 43.5 Å². The lowest BCUT2D eigenvalue weighted by Crippen LogP contribution is -2.12. The van der Waals surface area contributed by atoms with Crippen LogP contribution < -0.4 is 4.74 Å². The maximum Gasteiger partial charge on any atom is 0.435 e. The Bertz CT molecular complexity index is 1230. The number of ether oxygens (including phenoxy) is 1. The van der Waals surface area contributed by atoms with E-state index in [1.54, 1.807) is 19.9 Å². The van der Waals surface area contributed by atoms with Gasteiger partial charge in [0.2, 0.25) is 5.88 Å². The fraction of sp³-hybridized carbons (Fsp3) is 0.409. The lowest BCUT2D eigenvalue weighted by molar-refractivity contribution is -0.141. The molecule has 0 atom stereocenters. The summed E-state index contributed by atoms with van der Waals surface area (Å²) in [5, 5.41) is 11.4. The van der Waals surface area contributed by atoms with Crippen LogP contribution in [0.5, 0.6) is 5.88 Å². The topological polar surface area (TPSA) is 82.8 Å². The van der Waals surface area contributed by atoms with Crippen molar-refractivity contribution in [2.24, 2.45) is 7.05 Å². The zero-order chi connectivity index (χ0) is 25.9. The molecule has 0 aromatic carbocycles. The van der Waals surface area contributed by atoms with E-state index in [1.807, 2.05) is 0 Å². The molecule has 0 fully saturated rings. The van der Waals surface area contributed by atoms with Crippen molar-refractivity contribution in [1.82, 2.24) is 25.0 Å². The van der Waals surface area contributed by atoms with Crippen molar-refractivity contribution >= 4 is 17.4 Å². The molecule has 3 heterocycles. The SMILES string of the molecule is Cc1cc(CCC(=O)Cc2cc(Cl)nc(OCC(F)F)c2C)nnc1-c1cn(C)nc1C(F)(F)F. The number of alkyl halides is 5. The first-order chi connectivity index (χ1) is 16.3. The smallest absolute Gasteiger partial charge is 0.435 e. The van der Waals surface area contributed by atoms with Gasteiger partial charge in [-0.15, -0.1) is 5.10 Å². The van der Waals surface area contributed by atoms with Gasteiger partial charge in [-0.1, -0.05) is 11.6 Å². The molecule has 3 aromatic heterocycles. The van der Waals surface area contributed by atoms with E-state index in [2.05, 4.69) is 20.3 Å². The number of halogens is 6. The molecule has 0 aliphatic carbocycles. The first-order valence-corrected chi connectivity index (χ1v) is 10.8. The Kier molecular flexibility index (Phi) is 8.04. The Morgan fingerprint density at radius 3 is 2.54 bits per heavy atom. The van der Waals surface area contributed by atoms with E-state index in [1.165, 1.54) is 19.3 Å². The number of hydrogen-bond acceptors (Lipinski definition) is 6. The van der Waals surface area contributed by atoms with Gasteiger partial charge in [-0.25, -0.2) is 13.8 Å². The minimum absolute atomic E-state index is 0.00775. The number of carbonyl (C=O) groups excluding carboxylic acids is 1. The molecule has 0 radical (unpaired) electrons. The van der Waals surface area contributed by atoms with Crippen molar-refractivity contribution in [3.05, 3.63) is 51.6 Å². The third kappa shape index (κ3) is 6.71. The number of carbonyl (C=O) groups is 1. The van der Waals surface area contributed by atoms with Crippen LogP contribution in [0.25, 0.3) is 11.3 Å². The van der Waals surface area contributed by atoms with Crippen molar-refractivity contribution in [3.63, 3.8) is 0 Å². The number of nitrogens with zero attached hydrogens (tertiary/aromatic N) is 5. The molecule has 35 heavy (non-hydrogen) atoms. The van der Waals surface area contributed by atoms with Crippen molar-refractivity contribution in [1.29, 1.82) is 0 Å². The second-order valence-electron chi connectivity index (χ2n) is 7.88. The average molecular weight is 518 g/mol. The van der Waals surface area contributed by atoms with Crippen LogP contribution in [0.4, 0.5) is 22.0 Å². The van der Waals surface area contributed by atoms with Gasteiger partial charge in [0.05, 0.1) is 17.0 Å². The number of ketones is 1. The van der Waals surface area contributed by atoms with Crippen LogP contribution in [-0.2, 0) is 30.9 Å². The van der Waals surface area contributed by atoms with Crippen LogP contribution in [0, 0.1) is 13.8 Å². The fourth-order valence-electron chi connectivity index (χ4n) is 3.44. The van der Waals surface area contributed by atoms with Gasteiger partial charge >= 0.3 is 6.18 Å². The molecule has 0 spiro atoms. The van der Waals surface area contributed by atoms with E-state index in [0.717, 1.165) is 4.68 Å². The minimum Gasteiger partial charge on any atom is -0.471 e. The summed E-state index contributed by atoms with van der Waals surface area (Å²) in [6.07, 6.45) is -5.86. The molecule has 0 bridgehead atoms. The number of hydrogen-bond donors (Lipinski definition) is 0. The van der Waals surface area contributed by atoms with E-state index in [4.69, 9.17) is 16.3 Å². The molecule has 0 amide bonds. The van der Waals surface area contributed by atoms with Crippen LogP contribution in [0.15, 0.2) is 18.3 Å². The van der Waals surface area contributed by atoms with Crippen LogP contribution in [0.1, 0.15) is 34.5 Å². The maximum absolute atomic E-state index is 13.3. The van der Waals surface area contributed by atoms with Gasteiger partial charge in [0, 0.05) is 31.6 Å². The third-order valence-corrected chi connectivity index (χ3v) is 5.28. The van der Waals surface area contributed by atoms with Crippen molar-refractivity contribution in [2.75, 3.05) is 6.61 Å². The standard InChI is InChI=1S/C22H21ClF5N5O2/c1-11-6-14(30-31-19(11)16-9-33(3)32-20(16)22(26,27)28)4-5-15(34)7-13-8-17(23)29-21(12(13)2)35-10-18(24)25/h6,8-9,18H,4-5,7,10H2,1-3H3. The van der Waals surface area contributed by atoms with Gasteiger partial charge in [-0.2, -0.15) is 23.4 Å². The predicted molar refractivity (Wildman–Crippen MR) is 116 cm³/mol. The molecule has 0 N–H and O–H groups in total. The zero-order valence-corrected chi connectivity index (χ0v) is 19.7. The number of rotatable bonds is 9. The number of Topliss-reactive ketones (excluding diaryl/α,β-unsaturated/α-hetero) is 1. The van der Waals surface area contributed by atoms with Gasteiger partial charge < -0.3 is 4.74 Å². The molecule has 0 aliphatic heterocycles. The van der Waals surface area contributed by atoms with Gasteiger partial charge in [0.1, 0.15) is 10.9 Å². The van der Waals surface area contributed by atoms with Crippen LogP contribution in [0.2, 0.25) is 5.15 Å². The first kappa shape index (κ1) is 26.5. The molecule has 0 saturated carbocycles. The quantitative estimate of drug-likeness (QED) is 0.295. The number of aromatic nitrogens is 5. The Labute approximate surface area is 202 Å². The largest absolute Gasteiger partial charge is 0.471 e. The molecule has 3 aromatic rings. The van der Waals surface area contributed by atoms with Gasteiger partial charge in [0.15, 0.2) is 12.3 Å². The summed E-state index contributed by atoms with van der Waals surface area (Å²) < 4.78 is 70.8. The summed E-state index contributed by atoms with van der Waals surface area (Å²) in [7, 11) is 1.38. The maximum atomic E-state index is 13.3. The molecular weight excluding hydrogens is 497 g/mol. The number of aryl methyl sites for hydroxylation is 3. The Morgan fingerprint density at radius 2 is 1.91 bits per heavy atom. The molecule has 3 rings (SSSR count). The molecule has 13 heteroatoms. The lowest BCUT2D eigenvalue weighted by atomic mass is 10.0. The van der Waals surface area contributed by atoms with Crippen LogP contribution >= 0.6 is 11.6 Å². The molecule has 0 aliphatic rings. The van der Waals surface area contributed by atoms with Gasteiger partial charge in [0.25, 0.3) is 6.43 Å². The highest BCUT2D eigenvalue weighted by atomic mass is 35.5. The predicted octanol–water partition coefficient (Wildman–Crippen LogP) is 4.95. The molecule has 7 nitrogen and oxygen atoms in total. The molecular formula is C22H21ClF5N5O2. The second-order valence-corrected chi connectivity index (χ2v) is 8.27. The summed E-state index contributed by atoms with van der Waals surface area (Å²) >= 11 is 5.93. The van der Waals surface area contributed by atoms with Crippen LogP contribution in [0.3, 0.4) is 0 Å². The minimum atomic E-state index is -4.64. The van der Waals surface area contributed by atoms with Crippen LogP contribution in [-0.4, -0.2) is 43.8 Å². The van der Waals surface area contributed by atoms with Crippen molar-refractivity contribution < 1.29 is 31.5 Å². The Balaban J connectivity index is 1.69. The zero-order valence-electron chi connectivity index (χ0n) is 19.0. The summed E-state index contributed by atoms with van der Waals surface area (Å²) in [6, 6.07) is 3.04. The first-order valence-electron chi connectivity index (χ1n) is 10.4. The summed E-state index contributed by atoms with van der Waals surface area (Å²) in [6.45, 7) is 2.35. The average Bonchev–Trinajstić information content (AvgIpc) is 3.15. The van der Waals surface area contributed by atoms with E-state index in [-0.39, 0.29) is 47.3 Å². The monoisotopic (exact) mass is 517 g/mol. The molecule has 188 valence electrons. The fourth-order valence-corrected chi connectivity index (χ4v) is 3.65. The molecule has 0 unspecified atom stereocenters. The number of pyridine rings is 1. The van der Waals surface area contributed by atoms with E-state index >= 15 is 0 Å². The normalized spacial score (nSPS) is 11.8. The lowest BCUT2D eigenvalue weighted by Gasteiger charge is -2.12. The van der Waals surface area contributed by atoms with Crippen molar-refractivity contribution in [3.8, 4) is 17.1 Å². The van der Waals surface area contributed by atoms with E-state index in [0.29, 0.717) is 22.4 Å². The second kappa shape index (κ2) is 10.6. The highest BCUT2D eigenvalue weighted by Crippen LogP contribution is 2.36. The highest BCUT2D eigenvalue weighted by molar-refractivity contribution is 6.29. The summed E-state index contributed by atoms with van der Waals surface area (Å²) in [5.41, 5.74) is 0.638. The Hall–Kier alpha value is -3.15. The highest BCUT2D eigenvalue weighted by Gasteiger charge is 2.38. The summed E-state index contributed by atoms with van der Waals surface area (Å²) in [5.74, 6) is -0.253. The van der Waals surface area contributed by atoms with Gasteiger partial charge in [-0.3, -0.25) is 9.48 Å². The molecule has 0 saturated heterocycles. The Morgan fingerprint density at radius 1 is 1.20 bits per heavy atom. The van der Waals surface area contributed by atoms with Crippen molar-refractivity contribution in [2.45, 2.75) is 45.7 Å². The summed E-state index contributed by atoms with van der Waals surface area (Å²) in [4.78, 5) is 16.4. The van der Waals surface area contributed by atoms with E-state index < -0.39 is 24.9 Å². The van der Waals surface area contributed by atoms with E-state index in [9.17, 15) is 26.7 Å².